The van der Waals surface area contributed by atoms with Crippen LogP contribution in [0.5, 0.6) is 0 Å². The van der Waals surface area contributed by atoms with Gasteiger partial charge in [-0.1, -0.05) is 127 Å². The lowest BCUT2D eigenvalue weighted by Gasteiger charge is -2.16. The SMILES string of the molecule is c1ccc(Nc2ccc(-c3ccc4c(c3)c3ccccc3n4-c3ccccc3-c3cccc4oc5ccccc5c34)cc2-c2ccccc2)cc1. The fraction of sp³-hybridized carbons (Fsp3) is 0. The molecule has 8 aromatic carbocycles. The van der Waals surface area contributed by atoms with Crippen LogP contribution in [-0.4, -0.2) is 4.57 Å². The van der Waals surface area contributed by atoms with Gasteiger partial charge in [0.25, 0.3) is 0 Å². The Kier molecular flexibility index (Phi) is 6.81. The zero-order chi connectivity index (χ0) is 33.7. The first-order chi connectivity index (χ1) is 25.3. The number of nitrogens with one attached hydrogen (secondary N) is 1. The van der Waals surface area contributed by atoms with Gasteiger partial charge in [0, 0.05) is 44.0 Å². The van der Waals surface area contributed by atoms with E-state index < -0.39 is 0 Å². The van der Waals surface area contributed by atoms with Crippen LogP contribution in [-0.2, 0) is 0 Å². The van der Waals surface area contributed by atoms with Gasteiger partial charge in [0.2, 0.25) is 0 Å². The van der Waals surface area contributed by atoms with Crippen molar-refractivity contribution in [2.75, 3.05) is 5.32 Å². The van der Waals surface area contributed by atoms with Crippen LogP contribution < -0.4 is 5.32 Å². The number of para-hydroxylation sites is 4. The van der Waals surface area contributed by atoms with Gasteiger partial charge in [-0.15, -0.1) is 0 Å². The Bertz CT molecular complexity index is 2880. The van der Waals surface area contributed by atoms with E-state index in [4.69, 9.17) is 4.42 Å². The first-order valence-corrected chi connectivity index (χ1v) is 17.4. The van der Waals surface area contributed by atoms with Gasteiger partial charge in [0.05, 0.1) is 16.7 Å². The molecule has 240 valence electrons. The van der Waals surface area contributed by atoms with Gasteiger partial charge in [-0.3, -0.25) is 0 Å². The lowest BCUT2D eigenvalue weighted by molar-refractivity contribution is 0.669. The van der Waals surface area contributed by atoms with Gasteiger partial charge in [-0.05, 0) is 82.9 Å². The van der Waals surface area contributed by atoms with Crippen molar-refractivity contribution in [2.24, 2.45) is 0 Å². The molecule has 0 saturated carbocycles. The summed E-state index contributed by atoms with van der Waals surface area (Å²) >= 11 is 0. The number of aromatic nitrogens is 1. The minimum atomic E-state index is 0.898. The molecule has 0 unspecified atom stereocenters. The fourth-order valence-electron chi connectivity index (χ4n) is 7.67. The molecule has 0 saturated heterocycles. The molecule has 3 nitrogen and oxygen atoms in total. The first-order valence-electron chi connectivity index (χ1n) is 17.4. The summed E-state index contributed by atoms with van der Waals surface area (Å²) in [4.78, 5) is 0. The van der Waals surface area contributed by atoms with Gasteiger partial charge in [0.1, 0.15) is 11.2 Å². The molecule has 10 rings (SSSR count). The van der Waals surface area contributed by atoms with E-state index in [2.05, 4.69) is 180 Å². The Morgan fingerprint density at radius 3 is 1.92 bits per heavy atom. The highest BCUT2D eigenvalue weighted by Gasteiger charge is 2.19. The van der Waals surface area contributed by atoms with Crippen LogP contribution in [0.15, 0.2) is 192 Å². The van der Waals surface area contributed by atoms with Crippen molar-refractivity contribution in [2.45, 2.75) is 0 Å². The number of hydrogen-bond acceptors (Lipinski definition) is 2. The molecule has 0 radical (unpaired) electrons. The lowest BCUT2D eigenvalue weighted by Crippen LogP contribution is -1.97. The summed E-state index contributed by atoms with van der Waals surface area (Å²) in [5.74, 6) is 0. The monoisotopic (exact) mass is 652 g/mol. The summed E-state index contributed by atoms with van der Waals surface area (Å²) in [5, 5.41) is 8.37. The lowest BCUT2D eigenvalue weighted by atomic mass is 9.96. The number of fused-ring (bicyclic) bond motifs is 6. The van der Waals surface area contributed by atoms with Crippen LogP contribution in [0.4, 0.5) is 11.4 Å². The molecular formula is C48H32N2O. The number of nitrogens with zero attached hydrogens (tertiary/aromatic N) is 1. The number of benzene rings is 8. The standard InChI is InChI=1S/C48H32N2O/c1-3-14-32(15-4-1)40-30-33(26-28-42(40)49-35-16-5-2-6-17-35)34-27-29-45-41(31-34)37-19-8-11-23-44(37)50(45)43-22-10-7-18-36(43)38-21-13-25-47-48(38)39-20-9-12-24-46(39)51-47/h1-31,49H. The van der Waals surface area contributed by atoms with Gasteiger partial charge < -0.3 is 14.3 Å². The van der Waals surface area contributed by atoms with Crippen LogP contribution in [0.25, 0.3) is 82.8 Å². The average molecular weight is 653 g/mol. The molecule has 1 N–H and O–H groups in total. The van der Waals surface area contributed by atoms with Crippen molar-refractivity contribution in [3.63, 3.8) is 0 Å². The predicted molar refractivity (Wildman–Crippen MR) is 214 cm³/mol. The Balaban J connectivity index is 1.15. The third-order valence-electron chi connectivity index (χ3n) is 10.0. The van der Waals surface area contributed by atoms with Crippen LogP contribution in [0.2, 0.25) is 0 Å². The smallest absolute Gasteiger partial charge is 0.136 e. The first kappa shape index (κ1) is 29.1. The van der Waals surface area contributed by atoms with E-state index >= 15 is 0 Å². The van der Waals surface area contributed by atoms with Crippen molar-refractivity contribution in [1.29, 1.82) is 0 Å². The van der Waals surface area contributed by atoms with Crippen molar-refractivity contribution in [1.82, 2.24) is 4.57 Å². The predicted octanol–water partition coefficient (Wildman–Crippen LogP) is 13.4. The molecular weight excluding hydrogens is 621 g/mol. The third-order valence-corrected chi connectivity index (χ3v) is 10.0. The van der Waals surface area contributed by atoms with Gasteiger partial charge >= 0.3 is 0 Å². The normalized spacial score (nSPS) is 11.5. The highest BCUT2D eigenvalue weighted by Crippen LogP contribution is 2.42. The average Bonchev–Trinajstić information content (AvgIpc) is 3.74. The zero-order valence-corrected chi connectivity index (χ0v) is 27.8. The molecule has 0 aliphatic rings. The van der Waals surface area contributed by atoms with Crippen molar-refractivity contribution in [3.05, 3.63) is 188 Å². The molecule has 0 aliphatic carbocycles. The maximum absolute atomic E-state index is 6.30. The summed E-state index contributed by atoms with van der Waals surface area (Å²) < 4.78 is 8.73. The van der Waals surface area contributed by atoms with Gasteiger partial charge in [-0.25, -0.2) is 0 Å². The van der Waals surface area contributed by atoms with Crippen LogP contribution in [0, 0.1) is 0 Å². The van der Waals surface area contributed by atoms with Crippen LogP contribution >= 0.6 is 0 Å². The van der Waals surface area contributed by atoms with Crippen molar-refractivity contribution in [3.8, 4) is 39.1 Å². The van der Waals surface area contributed by atoms with Crippen molar-refractivity contribution < 1.29 is 4.42 Å². The fourth-order valence-corrected chi connectivity index (χ4v) is 7.67. The highest BCUT2D eigenvalue weighted by molar-refractivity contribution is 6.14. The second-order valence-electron chi connectivity index (χ2n) is 13.0. The molecule has 0 amide bonds. The van der Waals surface area contributed by atoms with E-state index in [1.54, 1.807) is 0 Å². The molecule has 0 fully saturated rings. The topological polar surface area (TPSA) is 30.1 Å². The van der Waals surface area contributed by atoms with E-state index in [1.807, 2.05) is 18.2 Å². The minimum Gasteiger partial charge on any atom is -0.456 e. The molecule has 0 bridgehead atoms. The molecule has 10 aromatic rings. The number of anilines is 2. The number of rotatable bonds is 6. The highest BCUT2D eigenvalue weighted by atomic mass is 16.3. The van der Waals surface area contributed by atoms with E-state index in [1.165, 1.54) is 38.5 Å². The Hall–Kier alpha value is -6.84. The Morgan fingerprint density at radius 2 is 1.04 bits per heavy atom. The molecule has 3 heteroatoms. The summed E-state index contributed by atoms with van der Waals surface area (Å²) in [5.41, 5.74) is 14.4. The number of hydrogen-bond donors (Lipinski definition) is 1. The summed E-state index contributed by atoms with van der Waals surface area (Å²) in [6, 6.07) is 66.8. The van der Waals surface area contributed by atoms with E-state index in [9.17, 15) is 0 Å². The largest absolute Gasteiger partial charge is 0.456 e. The third kappa shape index (κ3) is 4.90. The zero-order valence-electron chi connectivity index (χ0n) is 27.8. The quantitative estimate of drug-likeness (QED) is 0.194. The summed E-state index contributed by atoms with van der Waals surface area (Å²) in [6.07, 6.45) is 0. The Labute approximate surface area is 295 Å². The second-order valence-corrected chi connectivity index (χ2v) is 13.0. The Morgan fingerprint density at radius 1 is 0.392 bits per heavy atom. The van der Waals surface area contributed by atoms with E-state index in [0.29, 0.717) is 0 Å². The summed E-state index contributed by atoms with van der Waals surface area (Å²) in [7, 11) is 0. The molecule has 2 heterocycles. The molecule has 0 spiro atoms. The molecule has 0 aliphatic heterocycles. The molecule has 0 atom stereocenters. The summed E-state index contributed by atoms with van der Waals surface area (Å²) in [6.45, 7) is 0. The van der Waals surface area contributed by atoms with E-state index in [-0.39, 0.29) is 0 Å². The van der Waals surface area contributed by atoms with E-state index in [0.717, 1.165) is 55.7 Å². The number of furan rings is 1. The van der Waals surface area contributed by atoms with Crippen LogP contribution in [0.1, 0.15) is 0 Å². The molecule has 51 heavy (non-hydrogen) atoms. The van der Waals surface area contributed by atoms with Gasteiger partial charge in [-0.2, -0.15) is 0 Å². The van der Waals surface area contributed by atoms with Gasteiger partial charge in [0.15, 0.2) is 0 Å². The minimum absolute atomic E-state index is 0.898. The maximum atomic E-state index is 6.30. The maximum Gasteiger partial charge on any atom is 0.136 e. The van der Waals surface area contributed by atoms with Crippen molar-refractivity contribution >= 4 is 55.1 Å². The molecule has 2 aromatic heterocycles. The van der Waals surface area contributed by atoms with Crippen LogP contribution in [0.3, 0.4) is 0 Å². The second kappa shape index (κ2) is 11.9.